The lowest BCUT2D eigenvalue weighted by molar-refractivity contribution is 0.108. The maximum absolute atomic E-state index is 12.9. The van der Waals surface area contributed by atoms with Crippen LogP contribution < -0.4 is 9.47 Å². The first kappa shape index (κ1) is 18.3. The number of carbonyl (C=O) groups is 1. The van der Waals surface area contributed by atoms with E-state index in [1.54, 1.807) is 6.07 Å². The first-order chi connectivity index (χ1) is 11.3. The molecule has 0 N–H and O–H groups in total. The van der Waals surface area contributed by atoms with Crippen LogP contribution in [0.2, 0.25) is 0 Å². The van der Waals surface area contributed by atoms with Gasteiger partial charge in [-0.25, -0.2) is 13.2 Å². The molecule has 1 saturated heterocycles. The fourth-order valence-corrected chi connectivity index (χ4v) is 4.18. The zero-order valence-electron chi connectivity index (χ0n) is 14.2. The molecule has 0 spiro atoms. The maximum atomic E-state index is 12.9. The van der Waals surface area contributed by atoms with E-state index in [4.69, 9.17) is 9.47 Å². The Labute approximate surface area is 141 Å². The van der Waals surface area contributed by atoms with Crippen LogP contribution in [0.4, 0.5) is 4.79 Å². The Morgan fingerprint density at radius 2 is 1.58 bits per heavy atom. The number of hydrogen-bond acceptors (Lipinski definition) is 6. The van der Waals surface area contributed by atoms with Crippen LogP contribution in [0.3, 0.4) is 0 Å². The Morgan fingerprint density at radius 3 is 2.08 bits per heavy atom. The Morgan fingerprint density at radius 1 is 1.00 bits per heavy atom. The lowest BCUT2D eigenvalue weighted by atomic mass is 10.2. The van der Waals surface area contributed by atoms with Crippen molar-refractivity contribution in [1.29, 1.82) is 0 Å². The molecule has 0 aliphatic carbocycles. The molecule has 0 aromatic heterocycles. The van der Waals surface area contributed by atoms with Crippen molar-refractivity contribution in [3.8, 4) is 11.5 Å². The van der Waals surface area contributed by atoms with Gasteiger partial charge in [0.2, 0.25) is 10.0 Å². The monoisotopic (exact) mass is 358 g/mol. The van der Waals surface area contributed by atoms with Gasteiger partial charge in [0.25, 0.3) is 0 Å². The number of ether oxygens (including phenoxy) is 3. The van der Waals surface area contributed by atoms with Crippen molar-refractivity contribution < 1.29 is 27.4 Å². The van der Waals surface area contributed by atoms with Crippen molar-refractivity contribution >= 4 is 16.1 Å². The molecule has 1 aromatic carbocycles. The molecule has 0 atom stereocenters. The van der Waals surface area contributed by atoms with Crippen LogP contribution in [0.1, 0.15) is 5.56 Å². The third-order valence-electron chi connectivity index (χ3n) is 3.97. The van der Waals surface area contributed by atoms with Crippen molar-refractivity contribution in [2.75, 3.05) is 47.5 Å². The molecule has 1 aliphatic rings. The summed E-state index contributed by atoms with van der Waals surface area (Å²) in [4.78, 5) is 13.0. The number of hydrogen-bond donors (Lipinski definition) is 0. The van der Waals surface area contributed by atoms with E-state index in [9.17, 15) is 13.2 Å². The molecule has 1 amide bonds. The van der Waals surface area contributed by atoms with Gasteiger partial charge in [-0.15, -0.1) is 0 Å². The molecular weight excluding hydrogens is 336 g/mol. The molecule has 8 nitrogen and oxygen atoms in total. The number of aryl methyl sites for hydroxylation is 1. The first-order valence-corrected chi connectivity index (χ1v) is 8.84. The quantitative estimate of drug-likeness (QED) is 0.801. The minimum Gasteiger partial charge on any atom is -0.496 e. The number of methoxy groups -OCH3 is 3. The maximum Gasteiger partial charge on any atom is 0.409 e. The highest BCUT2D eigenvalue weighted by atomic mass is 32.2. The smallest absolute Gasteiger partial charge is 0.409 e. The number of piperazine rings is 1. The summed E-state index contributed by atoms with van der Waals surface area (Å²) in [6.45, 7) is 2.74. The topological polar surface area (TPSA) is 85.4 Å². The molecule has 0 unspecified atom stereocenters. The summed E-state index contributed by atoms with van der Waals surface area (Å²) >= 11 is 0. The van der Waals surface area contributed by atoms with Crippen molar-refractivity contribution in [3.63, 3.8) is 0 Å². The SMILES string of the molecule is COC(=O)N1CCN(S(=O)(=O)c2cc(OC)c(C)cc2OC)CC1. The van der Waals surface area contributed by atoms with E-state index < -0.39 is 16.1 Å². The number of carbonyl (C=O) groups excluding carboxylic acids is 1. The molecule has 24 heavy (non-hydrogen) atoms. The van der Waals surface area contributed by atoms with E-state index in [1.807, 2.05) is 6.92 Å². The van der Waals surface area contributed by atoms with Crippen molar-refractivity contribution in [2.45, 2.75) is 11.8 Å². The third-order valence-corrected chi connectivity index (χ3v) is 5.89. The zero-order valence-corrected chi connectivity index (χ0v) is 15.1. The van der Waals surface area contributed by atoms with Gasteiger partial charge in [0.1, 0.15) is 16.4 Å². The van der Waals surface area contributed by atoms with Crippen molar-refractivity contribution in [3.05, 3.63) is 17.7 Å². The molecular formula is C15H22N2O6S. The minimum absolute atomic E-state index is 0.0546. The average Bonchev–Trinajstić information content (AvgIpc) is 2.60. The summed E-state index contributed by atoms with van der Waals surface area (Å²) in [5.74, 6) is 0.742. The molecule has 134 valence electrons. The largest absolute Gasteiger partial charge is 0.496 e. The van der Waals surface area contributed by atoms with Crippen LogP contribution in [-0.4, -0.2) is 71.2 Å². The highest BCUT2D eigenvalue weighted by Crippen LogP contribution is 2.33. The van der Waals surface area contributed by atoms with Gasteiger partial charge in [-0.05, 0) is 18.6 Å². The van der Waals surface area contributed by atoms with E-state index >= 15 is 0 Å². The van der Waals surface area contributed by atoms with E-state index in [0.717, 1.165) is 5.56 Å². The van der Waals surface area contributed by atoms with Crippen LogP contribution in [-0.2, 0) is 14.8 Å². The fourth-order valence-electron chi connectivity index (χ4n) is 2.60. The lowest BCUT2D eigenvalue weighted by Crippen LogP contribution is -2.50. The number of sulfonamides is 1. The summed E-state index contributed by atoms with van der Waals surface area (Å²) in [7, 11) is 0.453. The Bertz CT molecular complexity index is 711. The van der Waals surface area contributed by atoms with E-state index in [-0.39, 0.29) is 36.8 Å². The second-order valence-electron chi connectivity index (χ2n) is 5.33. The normalized spacial score (nSPS) is 15.9. The van der Waals surface area contributed by atoms with Crippen LogP contribution in [0, 0.1) is 6.92 Å². The highest BCUT2D eigenvalue weighted by Gasteiger charge is 2.33. The van der Waals surface area contributed by atoms with E-state index in [1.165, 1.54) is 36.6 Å². The minimum atomic E-state index is -3.76. The fraction of sp³-hybridized carbons (Fsp3) is 0.533. The van der Waals surface area contributed by atoms with Crippen molar-refractivity contribution in [2.24, 2.45) is 0 Å². The second-order valence-corrected chi connectivity index (χ2v) is 7.24. The summed E-state index contributed by atoms with van der Waals surface area (Å²) in [5, 5.41) is 0. The molecule has 0 bridgehead atoms. The molecule has 0 saturated carbocycles. The number of amides is 1. The van der Waals surface area contributed by atoms with E-state index in [0.29, 0.717) is 5.75 Å². The standard InChI is InChI=1S/C15H22N2O6S/c1-11-9-13(22-3)14(10-12(11)21-2)24(19,20)17-7-5-16(6-8-17)15(18)23-4/h9-10H,5-8H2,1-4H3. The molecule has 9 heteroatoms. The summed E-state index contributed by atoms with van der Waals surface area (Å²) in [6.07, 6.45) is -0.457. The Balaban J connectivity index is 2.30. The van der Waals surface area contributed by atoms with Gasteiger partial charge in [-0.1, -0.05) is 0 Å². The van der Waals surface area contributed by atoms with E-state index in [2.05, 4.69) is 4.74 Å². The molecule has 2 rings (SSSR count). The van der Waals surface area contributed by atoms with Gasteiger partial charge in [0.15, 0.2) is 0 Å². The summed E-state index contributed by atoms with van der Waals surface area (Å²) in [5.41, 5.74) is 0.781. The van der Waals surface area contributed by atoms with Gasteiger partial charge >= 0.3 is 6.09 Å². The zero-order chi connectivity index (χ0) is 17.9. The molecule has 1 aromatic rings. The molecule has 1 heterocycles. The number of benzene rings is 1. The summed E-state index contributed by atoms with van der Waals surface area (Å²) < 4.78 is 42.3. The lowest BCUT2D eigenvalue weighted by Gasteiger charge is -2.33. The Kier molecular flexibility index (Phi) is 5.55. The molecule has 1 aliphatic heterocycles. The van der Waals surface area contributed by atoms with Gasteiger partial charge in [0, 0.05) is 32.2 Å². The number of rotatable bonds is 4. The van der Waals surface area contributed by atoms with Gasteiger partial charge in [0.05, 0.1) is 21.3 Å². The third kappa shape index (κ3) is 3.41. The summed E-state index contributed by atoms with van der Waals surface area (Å²) in [6, 6.07) is 3.10. The first-order valence-electron chi connectivity index (χ1n) is 7.40. The van der Waals surface area contributed by atoms with Crippen LogP contribution in [0.15, 0.2) is 17.0 Å². The molecule has 1 fully saturated rings. The predicted molar refractivity (Wildman–Crippen MR) is 87.0 cm³/mol. The van der Waals surface area contributed by atoms with Crippen LogP contribution in [0.5, 0.6) is 11.5 Å². The second kappa shape index (κ2) is 7.27. The van der Waals surface area contributed by atoms with Gasteiger partial charge < -0.3 is 19.1 Å². The van der Waals surface area contributed by atoms with Crippen LogP contribution >= 0.6 is 0 Å². The highest BCUT2D eigenvalue weighted by molar-refractivity contribution is 7.89. The molecule has 0 radical (unpaired) electrons. The predicted octanol–water partition coefficient (Wildman–Crippen LogP) is 1.08. The Hall–Kier alpha value is -2.00. The van der Waals surface area contributed by atoms with Gasteiger partial charge in [-0.2, -0.15) is 4.31 Å². The van der Waals surface area contributed by atoms with Crippen molar-refractivity contribution in [1.82, 2.24) is 9.21 Å². The average molecular weight is 358 g/mol. The van der Waals surface area contributed by atoms with Gasteiger partial charge in [-0.3, -0.25) is 0 Å². The number of nitrogens with zero attached hydrogens (tertiary/aromatic N) is 2. The van der Waals surface area contributed by atoms with Crippen LogP contribution in [0.25, 0.3) is 0 Å².